The molecule has 0 rings (SSSR count). The minimum Gasteiger partial charge on any atom is -0.481 e. The number of nitrogens with one attached hydrogen (secondary N) is 3. The average Bonchev–Trinajstić information content (AvgIpc) is 2.66. The van der Waals surface area contributed by atoms with Gasteiger partial charge in [0.15, 0.2) is 0 Å². The van der Waals surface area contributed by atoms with Gasteiger partial charge < -0.3 is 31.9 Å². The highest BCUT2D eigenvalue weighted by Gasteiger charge is 2.30. The molecule has 4 atom stereocenters. The number of aliphatic carboxylic acids is 2. The first-order valence-corrected chi connectivity index (χ1v) is 11.0. The molecular weight excluding hydrogens is 444 g/mol. The van der Waals surface area contributed by atoms with Gasteiger partial charge in [0.05, 0.1) is 12.5 Å². The fraction of sp³-hybridized carbons (Fsp3) is 0.667. The Morgan fingerprint density at radius 1 is 0.897 bits per heavy atom. The Balaban J connectivity index is 5.21. The van der Waals surface area contributed by atoms with Crippen LogP contribution in [0.15, 0.2) is 0 Å². The molecule has 166 valence electrons. The number of thioether (sulfide) groups is 1. The number of rotatable bonds is 14. The van der Waals surface area contributed by atoms with E-state index in [1.54, 1.807) is 6.26 Å². The summed E-state index contributed by atoms with van der Waals surface area (Å²) in [5, 5.41) is 24.8. The lowest BCUT2D eigenvalue weighted by Gasteiger charge is -2.24. The summed E-state index contributed by atoms with van der Waals surface area (Å²) >= 11 is 9.30. The maximum absolute atomic E-state index is 12.5. The van der Waals surface area contributed by atoms with E-state index in [1.165, 1.54) is 11.8 Å². The molecule has 11 nitrogen and oxygen atoms in total. The number of hydrogen-bond donors (Lipinski definition) is 8. The zero-order valence-electron chi connectivity index (χ0n) is 15.7. The van der Waals surface area contributed by atoms with Crippen molar-refractivity contribution in [1.29, 1.82) is 0 Å². The molecule has 0 aliphatic heterocycles. The monoisotopic (exact) mass is 470 g/mol. The van der Waals surface area contributed by atoms with Crippen LogP contribution < -0.4 is 21.7 Å². The van der Waals surface area contributed by atoms with Crippen LogP contribution >= 0.6 is 37.0 Å². The molecule has 0 spiro atoms. The van der Waals surface area contributed by atoms with Gasteiger partial charge in [-0.1, -0.05) is 0 Å². The minimum absolute atomic E-state index is 0.0612. The molecule has 0 saturated heterocycles. The molecule has 0 fully saturated rings. The second-order valence-electron chi connectivity index (χ2n) is 5.87. The predicted molar refractivity (Wildman–Crippen MR) is 114 cm³/mol. The molecule has 0 bridgehead atoms. The smallest absolute Gasteiger partial charge is 0.326 e. The number of amides is 3. The van der Waals surface area contributed by atoms with Crippen LogP contribution in [0.2, 0.25) is 0 Å². The number of hydrogen-bond acceptors (Lipinski definition) is 9. The third-order valence-electron chi connectivity index (χ3n) is 3.59. The summed E-state index contributed by atoms with van der Waals surface area (Å²) in [5.74, 6) is -4.67. The Kier molecular flexibility index (Phi) is 13.5. The van der Waals surface area contributed by atoms with E-state index < -0.39 is 60.2 Å². The molecule has 3 amide bonds. The van der Waals surface area contributed by atoms with E-state index in [9.17, 15) is 24.0 Å². The van der Waals surface area contributed by atoms with Crippen molar-refractivity contribution in [2.24, 2.45) is 5.73 Å². The van der Waals surface area contributed by atoms with Crippen molar-refractivity contribution >= 4 is 66.7 Å². The highest BCUT2D eigenvalue weighted by Crippen LogP contribution is 2.04. The van der Waals surface area contributed by atoms with Gasteiger partial charge in [0.1, 0.15) is 18.1 Å². The van der Waals surface area contributed by atoms with E-state index in [-0.39, 0.29) is 17.9 Å². The highest BCUT2D eigenvalue weighted by molar-refractivity contribution is 7.98. The van der Waals surface area contributed by atoms with E-state index >= 15 is 0 Å². The van der Waals surface area contributed by atoms with Crippen LogP contribution in [0.1, 0.15) is 12.8 Å². The Morgan fingerprint density at radius 3 is 1.86 bits per heavy atom. The third kappa shape index (κ3) is 10.6. The first-order chi connectivity index (χ1) is 13.6. The van der Waals surface area contributed by atoms with Gasteiger partial charge in [-0.05, 0) is 18.4 Å². The van der Waals surface area contributed by atoms with Gasteiger partial charge in [0.2, 0.25) is 17.7 Å². The van der Waals surface area contributed by atoms with Crippen LogP contribution in [0, 0.1) is 0 Å². The first kappa shape index (κ1) is 27.4. The fourth-order valence-electron chi connectivity index (χ4n) is 1.98. The Bertz CT molecular complexity index is 608. The van der Waals surface area contributed by atoms with Gasteiger partial charge in [-0.25, -0.2) is 4.79 Å². The molecule has 29 heavy (non-hydrogen) atoms. The molecule has 0 aromatic carbocycles. The largest absolute Gasteiger partial charge is 0.481 e. The van der Waals surface area contributed by atoms with Gasteiger partial charge in [-0.2, -0.15) is 37.0 Å². The van der Waals surface area contributed by atoms with E-state index in [2.05, 4.69) is 41.2 Å². The van der Waals surface area contributed by atoms with Gasteiger partial charge in [-0.15, -0.1) is 0 Å². The average molecular weight is 471 g/mol. The lowest BCUT2D eigenvalue weighted by atomic mass is 10.1. The van der Waals surface area contributed by atoms with E-state index in [0.29, 0.717) is 5.75 Å². The van der Waals surface area contributed by atoms with Crippen molar-refractivity contribution in [3.63, 3.8) is 0 Å². The molecule has 14 heteroatoms. The second kappa shape index (κ2) is 14.4. The number of carboxylic acid groups (broad SMARTS) is 2. The number of carbonyl (C=O) groups is 5. The number of carboxylic acids is 2. The molecule has 0 aromatic heterocycles. The standard InChI is InChI=1S/C15H26N4O7S3/c1-29-3-2-8(13(23)18-9(15(25)26)4-11(20)21)17-14(24)10(6-28)19-12(22)7(16)5-27/h7-10,27-28H,2-6,16H2,1H3,(H,17,24)(H,18,23)(H,19,22)(H,20,21)(H,25,26). The predicted octanol–water partition coefficient (Wildman–Crippen LogP) is -2.06. The minimum atomic E-state index is -1.65. The maximum atomic E-state index is 12.5. The van der Waals surface area contributed by atoms with Crippen molar-refractivity contribution in [2.45, 2.75) is 37.0 Å². The summed E-state index contributed by atoms with van der Waals surface area (Å²) in [6.45, 7) is 0. The van der Waals surface area contributed by atoms with Crippen LogP contribution in [-0.2, 0) is 24.0 Å². The van der Waals surface area contributed by atoms with Crippen LogP contribution in [0.5, 0.6) is 0 Å². The Labute approximate surface area is 183 Å². The second-order valence-corrected chi connectivity index (χ2v) is 7.59. The molecule has 0 aromatic rings. The van der Waals surface area contributed by atoms with Crippen LogP contribution in [0.4, 0.5) is 0 Å². The van der Waals surface area contributed by atoms with Gasteiger partial charge in [0, 0.05) is 11.5 Å². The molecule has 0 saturated carbocycles. The Morgan fingerprint density at radius 2 is 1.41 bits per heavy atom. The van der Waals surface area contributed by atoms with Crippen molar-refractivity contribution in [2.75, 3.05) is 23.5 Å². The summed E-state index contributed by atoms with van der Waals surface area (Å²) in [4.78, 5) is 58.7. The van der Waals surface area contributed by atoms with Gasteiger partial charge in [-0.3, -0.25) is 19.2 Å². The summed E-state index contributed by atoms with van der Waals surface area (Å²) in [6, 6.07) is -4.81. The molecular formula is C15H26N4O7S3. The summed E-state index contributed by atoms with van der Waals surface area (Å²) in [6.07, 6.45) is 1.11. The van der Waals surface area contributed by atoms with Crippen LogP contribution in [0.3, 0.4) is 0 Å². The van der Waals surface area contributed by atoms with Crippen molar-refractivity contribution < 1.29 is 34.2 Å². The molecule has 4 unspecified atom stereocenters. The quantitative estimate of drug-likeness (QED) is 0.132. The van der Waals surface area contributed by atoms with Crippen molar-refractivity contribution in [1.82, 2.24) is 16.0 Å². The zero-order chi connectivity index (χ0) is 22.6. The molecule has 0 radical (unpaired) electrons. The molecule has 7 N–H and O–H groups in total. The van der Waals surface area contributed by atoms with Crippen LogP contribution in [0.25, 0.3) is 0 Å². The van der Waals surface area contributed by atoms with E-state index in [4.69, 9.17) is 15.9 Å². The maximum Gasteiger partial charge on any atom is 0.326 e. The number of thiol groups is 2. The lowest BCUT2D eigenvalue weighted by Crippen LogP contribution is -2.58. The van der Waals surface area contributed by atoms with E-state index in [0.717, 1.165) is 0 Å². The molecule has 0 aliphatic carbocycles. The Hall–Kier alpha value is -1.64. The number of carbonyl (C=O) groups excluding carboxylic acids is 3. The van der Waals surface area contributed by atoms with Crippen molar-refractivity contribution in [3.8, 4) is 0 Å². The number of nitrogens with two attached hydrogens (primary N) is 1. The van der Waals surface area contributed by atoms with Gasteiger partial charge in [0.25, 0.3) is 0 Å². The van der Waals surface area contributed by atoms with Crippen LogP contribution in [-0.4, -0.2) is 87.6 Å². The van der Waals surface area contributed by atoms with E-state index in [1.807, 2.05) is 0 Å². The summed E-state index contributed by atoms with van der Waals surface area (Å²) in [7, 11) is 0. The normalized spacial score (nSPS) is 14.8. The third-order valence-corrected chi connectivity index (χ3v) is 4.99. The zero-order valence-corrected chi connectivity index (χ0v) is 18.3. The summed E-state index contributed by atoms with van der Waals surface area (Å²) in [5.41, 5.74) is 5.54. The topological polar surface area (TPSA) is 188 Å². The first-order valence-electron chi connectivity index (χ1n) is 8.39. The molecule has 0 aliphatic rings. The van der Waals surface area contributed by atoms with Crippen molar-refractivity contribution in [3.05, 3.63) is 0 Å². The fourth-order valence-corrected chi connectivity index (χ4v) is 2.87. The summed E-state index contributed by atoms with van der Waals surface area (Å²) < 4.78 is 0. The molecule has 0 heterocycles. The SMILES string of the molecule is CSCCC(NC(=O)C(CS)NC(=O)C(N)CS)C(=O)NC(CC(=O)O)C(=O)O. The van der Waals surface area contributed by atoms with Gasteiger partial charge >= 0.3 is 11.9 Å². The lowest BCUT2D eigenvalue weighted by molar-refractivity contribution is -0.147. The highest BCUT2D eigenvalue weighted by atomic mass is 32.2.